The van der Waals surface area contributed by atoms with Gasteiger partial charge in [0.2, 0.25) is 10.0 Å². The summed E-state index contributed by atoms with van der Waals surface area (Å²) in [5, 5.41) is 19.1. The number of aliphatic carboxylic acids is 1. The number of sulfonamides is 1. The zero-order valence-corrected chi connectivity index (χ0v) is 11.1. The van der Waals surface area contributed by atoms with Crippen molar-refractivity contribution in [2.24, 2.45) is 0 Å². The van der Waals surface area contributed by atoms with Crippen LogP contribution < -0.4 is 0 Å². The summed E-state index contributed by atoms with van der Waals surface area (Å²) < 4.78 is 38.2. The lowest BCUT2D eigenvalue weighted by atomic mass is 10.3. The highest BCUT2D eigenvalue weighted by Crippen LogP contribution is 2.23. The van der Waals surface area contributed by atoms with Crippen LogP contribution in [0.1, 0.15) is 6.42 Å². The van der Waals surface area contributed by atoms with Crippen LogP contribution in [0.4, 0.5) is 10.1 Å². The molecule has 0 fully saturated rings. The van der Waals surface area contributed by atoms with Crippen molar-refractivity contribution in [1.82, 2.24) is 4.31 Å². The standard InChI is InChI=1S/C10H11FN2O6S/c1-12(5-4-10(14)15)20(18,19)9-6-7(13(16)17)2-3-8(9)11/h2-3,6H,4-5H2,1H3,(H,14,15). The quantitative estimate of drug-likeness (QED) is 0.614. The third-order valence-corrected chi connectivity index (χ3v) is 4.33. The molecule has 0 spiro atoms. The Balaban J connectivity index is 3.17. The number of carbonyl (C=O) groups is 1. The van der Waals surface area contributed by atoms with Gasteiger partial charge >= 0.3 is 5.97 Å². The van der Waals surface area contributed by atoms with Gasteiger partial charge in [0.25, 0.3) is 5.69 Å². The summed E-state index contributed by atoms with van der Waals surface area (Å²) in [5.74, 6) is -2.36. The van der Waals surface area contributed by atoms with Crippen LogP contribution >= 0.6 is 0 Å². The summed E-state index contributed by atoms with van der Waals surface area (Å²) in [4.78, 5) is 19.3. The lowest BCUT2D eigenvalue weighted by Crippen LogP contribution is -2.29. The highest BCUT2D eigenvalue weighted by Gasteiger charge is 2.27. The van der Waals surface area contributed by atoms with Crippen molar-refractivity contribution in [3.05, 3.63) is 34.1 Å². The molecule has 0 unspecified atom stereocenters. The number of nitrogens with zero attached hydrogens (tertiary/aromatic N) is 2. The maximum atomic E-state index is 13.5. The van der Waals surface area contributed by atoms with E-state index >= 15 is 0 Å². The maximum absolute atomic E-state index is 13.5. The van der Waals surface area contributed by atoms with E-state index in [-0.39, 0.29) is 6.54 Å². The molecule has 0 aliphatic rings. The Bertz CT molecular complexity index is 645. The minimum atomic E-state index is -4.33. The van der Waals surface area contributed by atoms with Gasteiger partial charge < -0.3 is 5.11 Å². The maximum Gasteiger partial charge on any atom is 0.304 e. The van der Waals surface area contributed by atoms with E-state index in [1.165, 1.54) is 0 Å². The summed E-state index contributed by atoms with van der Waals surface area (Å²) in [6.07, 6.45) is -0.466. The fraction of sp³-hybridized carbons (Fsp3) is 0.300. The van der Waals surface area contributed by atoms with Crippen molar-refractivity contribution in [1.29, 1.82) is 0 Å². The highest BCUT2D eigenvalue weighted by molar-refractivity contribution is 7.89. The topological polar surface area (TPSA) is 118 Å². The van der Waals surface area contributed by atoms with E-state index in [1.54, 1.807) is 0 Å². The first-order valence-electron chi connectivity index (χ1n) is 5.28. The van der Waals surface area contributed by atoms with E-state index in [2.05, 4.69) is 0 Å². The van der Waals surface area contributed by atoms with Crippen molar-refractivity contribution in [3.63, 3.8) is 0 Å². The largest absolute Gasteiger partial charge is 0.481 e. The molecule has 0 saturated heterocycles. The molecule has 110 valence electrons. The number of hydrogen-bond acceptors (Lipinski definition) is 5. The third-order valence-electron chi connectivity index (χ3n) is 2.45. The van der Waals surface area contributed by atoms with Gasteiger partial charge in [-0.15, -0.1) is 0 Å². The Morgan fingerprint density at radius 2 is 2.10 bits per heavy atom. The molecule has 0 radical (unpaired) electrons. The number of non-ortho nitro benzene ring substituents is 1. The Hall–Kier alpha value is -2.07. The van der Waals surface area contributed by atoms with Gasteiger partial charge in [-0.2, -0.15) is 0 Å². The molecule has 1 rings (SSSR count). The van der Waals surface area contributed by atoms with Gasteiger partial charge in [0.1, 0.15) is 10.7 Å². The molecule has 0 aromatic heterocycles. The summed E-state index contributed by atoms with van der Waals surface area (Å²) in [5.41, 5.74) is -0.573. The van der Waals surface area contributed by atoms with Crippen molar-refractivity contribution < 1.29 is 27.6 Å². The van der Waals surface area contributed by atoms with Crippen LogP contribution in [0.25, 0.3) is 0 Å². The number of nitro benzene ring substituents is 1. The van der Waals surface area contributed by atoms with Crippen LogP contribution in [0.3, 0.4) is 0 Å². The summed E-state index contributed by atoms with van der Waals surface area (Å²) in [6.45, 7) is -0.375. The minimum Gasteiger partial charge on any atom is -0.481 e. The third kappa shape index (κ3) is 3.48. The van der Waals surface area contributed by atoms with E-state index in [4.69, 9.17) is 5.11 Å². The Morgan fingerprint density at radius 1 is 1.50 bits per heavy atom. The number of nitro groups is 1. The fourth-order valence-electron chi connectivity index (χ4n) is 1.34. The Morgan fingerprint density at radius 3 is 2.60 bits per heavy atom. The second kappa shape index (κ2) is 5.92. The number of rotatable bonds is 6. The summed E-state index contributed by atoms with van der Waals surface area (Å²) in [6, 6.07) is 2.11. The number of carboxylic acid groups (broad SMARTS) is 1. The number of hydrogen-bond donors (Lipinski definition) is 1. The van der Waals surface area contributed by atoms with Crippen molar-refractivity contribution in [2.45, 2.75) is 11.3 Å². The normalized spacial score (nSPS) is 11.6. The molecule has 1 N–H and O–H groups in total. The Kier molecular flexibility index (Phi) is 4.73. The molecule has 8 nitrogen and oxygen atoms in total. The minimum absolute atomic E-state index is 0.375. The van der Waals surface area contributed by atoms with Gasteiger partial charge in [0, 0.05) is 25.7 Å². The van der Waals surface area contributed by atoms with Gasteiger partial charge in [-0.1, -0.05) is 0 Å². The number of halogens is 1. The van der Waals surface area contributed by atoms with Gasteiger partial charge in [-0.05, 0) is 6.07 Å². The van der Waals surface area contributed by atoms with Crippen molar-refractivity contribution in [2.75, 3.05) is 13.6 Å². The molecular formula is C10H11FN2O6S. The van der Waals surface area contributed by atoms with Crippen LogP contribution in [0.2, 0.25) is 0 Å². The van der Waals surface area contributed by atoms with Gasteiger partial charge in [0.05, 0.1) is 11.3 Å². The zero-order valence-electron chi connectivity index (χ0n) is 10.3. The number of benzene rings is 1. The van der Waals surface area contributed by atoms with Gasteiger partial charge in [-0.25, -0.2) is 17.1 Å². The average Bonchev–Trinajstić information content (AvgIpc) is 2.35. The SMILES string of the molecule is CN(CCC(=O)O)S(=O)(=O)c1cc([N+](=O)[O-])ccc1F. The molecule has 0 heterocycles. The molecule has 0 aliphatic heterocycles. The van der Waals surface area contributed by atoms with Crippen molar-refractivity contribution in [3.8, 4) is 0 Å². The van der Waals surface area contributed by atoms with Crippen LogP contribution in [0.15, 0.2) is 23.1 Å². The molecule has 0 aliphatic carbocycles. The first-order valence-corrected chi connectivity index (χ1v) is 6.72. The van der Waals surface area contributed by atoms with Crippen LogP contribution in [-0.4, -0.2) is 42.3 Å². The summed E-state index contributed by atoms with van der Waals surface area (Å²) >= 11 is 0. The molecule has 10 heteroatoms. The molecule has 0 amide bonds. The lowest BCUT2D eigenvalue weighted by Gasteiger charge is -2.16. The highest BCUT2D eigenvalue weighted by atomic mass is 32.2. The van der Waals surface area contributed by atoms with E-state index in [0.717, 1.165) is 13.1 Å². The van der Waals surface area contributed by atoms with E-state index in [0.29, 0.717) is 16.4 Å². The zero-order chi connectivity index (χ0) is 15.5. The first-order chi connectivity index (χ1) is 9.16. The Labute approximate surface area is 113 Å². The van der Waals surface area contributed by atoms with Crippen molar-refractivity contribution >= 4 is 21.7 Å². The van der Waals surface area contributed by atoms with Gasteiger partial charge in [0.15, 0.2) is 0 Å². The molecule has 0 atom stereocenters. The summed E-state index contributed by atoms with van der Waals surface area (Å²) in [7, 11) is -3.26. The lowest BCUT2D eigenvalue weighted by molar-refractivity contribution is -0.385. The average molecular weight is 306 g/mol. The second-order valence-electron chi connectivity index (χ2n) is 3.84. The first kappa shape index (κ1) is 16.0. The second-order valence-corrected chi connectivity index (χ2v) is 5.86. The van der Waals surface area contributed by atoms with E-state index in [9.17, 15) is 27.7 Å². The molecule has 0 saturated carbocycles. The predicted octanol–water partition coefficient (Wildman–Crippen LogP) is 0.829. The molecular weight excluding hydrogens is 295 g/mol. The molecule has 20 heavy (non-hydrogen) atoms. The molecule has 0 bridgehead atoms. The monoisotopic (exact) mass is 306 g/mol. The number of carboxylic acids is 1. The predicted molar refractivity (Wildman–Crippen MR) is 65.1 cm³/mol. The van der Waals surface area contributed by atoms with Gasteiger partial charge in [-0.3, -0.25) is 14.9 Å². The van der Waals surface area contributed by atoms with Crippen LogP contribution in [-0.2, 0) is 14.8 Å². The van der Waals surface area contributed by atoms with E-state index < -0.39 is 43.7 Å². The molecule has 1 aromatic rings. The smallest absolute Gasteiger partial charge is 0.304 e. The molecule has 1 aromatic carbocycles. The van der Waals surface area contributed by atoms with Crippen LogP contribution in [0, 0.1) is 15.9 Å². The van der Waals surface area contributed by atoms with E-state index in [1.807, 2.05) is 0 Å². The fourth-order valence-corrected chi connectivity index (χ4v) is 2.60. The van der Waals surface area contributed by atoms with Crippen LogP contribution in [0.5, 0.6) is 0 Å².